The number of hydrogen-bond acceptors (Lipinski definition) is 7. The maximum atomic E-state index is 12.8. The number of aliphatic imine (C=N–C) groups is 1. The van der Waals surface area contributed by atoms with E-state index >= 15 is 0 Å². The highest BCUT2D eigenvalue weighted by atomic mass is 16.5. The zero-order chi connectivity index (χ0) is 26.1. The number of anilines is 1. The van der Waals surface area contributed by atoms with Crippen LogP contribution in [0.1, 0.15) is 5.56 Å². The van der Waals surface area contributed by atoms with Crippen LogP contribution in [0.5, 0.6) is 0 Å². The van der Waals surface area contributed by atoms with Gasteiger partial charge in [-0.2, -0.15) is 10.2 Å². The average molecular weight is 514 g/mol. The Morgan fingerprint density at radius 3 is 2.42 bits per heavy atom. The minimum absolute atomic E-state index is 0.111. The van der Waals surface area contributed by atoms with Crippen LogP contribution in [0, 0.1) is 0 Å². The molecule has 0 N–H and O–H groups in total. The molecule has 196 valence electrons. The topological polar surface area (TPSA) is 96.4 Å². The first kappa shape index (κ1) is 24.1. The third-order valence-corrected chi connectivity index (χ3v) is 7.22. The van der Waals surface area contributed by atoms with Crippen LogP contribution >= 0.6 is 0 Å². The first-order chi connectivity index (χ1) is 18.6. The average Bonchev–Trinajstić information content (AvgIpc) is 3.59. The molecular weight excluding hydrogens is 482 g/mol. The molecule has 11 heteroatoms. The molecule has 4 aromatic heterocycles. The van der Waals surface area contributed by atoms with Crippen molar-refractivity contribution in [2.24, 2.45) is 12.0 Å². The molecule has 6 rings (SSSR count). The van der Waals surface area contributed by atoms with Gasteiger partial charge in [0.25, 0.3) is 0 Å². The smallest absolute Gasteiger partial charge is 0.320 e. The molecule has 0 radical (unpaired) electrons. The third kappa shape index (κ3) is 4.60. The molecule has 2 aliphatic rings. The van der Waals surface area contributed by atoms with Gasteiger partial charge in [0, 0.05) is 92.7 Å². The summed E-state index contributed by atoms with van der Waals surface area (Å²) in [6.45, 7) is 9.59. The van der Waals surface area contributed by atoms with Crippen molar-refractivity contribution in [3.05, 3.63) is 54.7 Å². The zero-order valence-corrected chi connectivity index (χ0v) is 21.5. The van der Waals surface area contributed by atoms with Gasteiger partial charge in [0.05, 0.1) is 37.7 Å². The van der Waals surface area contributed by atoms with Crippen molar-refractivity contribution < 1.29 is 9.53 Å². The van der Waals surface area contributed by atoms with Gasteiger partial charge < -0.3 is 19.4 Å². The molecule has 6 heterocycles. The van der Waals surface area contributed by atoms with Crippen molar-refractivity contribution in [2.45, 2.75) is 6.54 Å². The Kier molecular flexibility index (Phi) is 6.50. The molecule has 0 bridgehead atoms. The Morgan fingerprint density at radius 2 is 1.74 bits per heavy atom. The highest BCUT2D eigenvalue weighted by Crippen LogP contribution is 2.32. The quantitative estimate of drug-likeness (QED) is 0.381. The number of ether oxygens (including phenoxy) is 1. The maximum Gasteiger partial charge on any atom is 0.320 e. The van der Waals surface area contributed by atoms with Crippen LogP contribution in [-0.4, -0.2) is 99.4 Å². The second-order valence-electron chi connectivity index (χ2n) is 9.65. The number of fused-ring (bicyclic) bond motifs is 1. The fourth-order valence-electron chi connectivity index (χ4n) is 5.18. The standard InChI is InChI=1S/C27H31N9O2/c1-28-14-22-16-31-36-19-21(23-17-30-32(2)18-23)13-24(26(22)36)20-3-4-25(29-15-20)33-5-7-34(8-6-33)27(37)35-9-11-38-12-10-35/h3-4,13,15-19H,1,5-12,14H2,2H3. The van der Waals surface area contributed by atoms with E-state index in [1.54, 1.807) is 4.68 Å². The maximum absolute atomic E-state index is 12.8. The number of aryl methyl sites for hydroxylation is 1. The summed E-state index contributed by atoms with van der Waals surface area (Å²) in [5.74, 6) is 0.910. The number of carbonyl (C=O) groups is 1. The van der Waals surface area contributed by atoms with E-state index in [0.29, 0.717) is 45.9 Å². The van der Waals surface area contributed by atoms with Crippen LogP contribution in [0.15, 0.2) is 54.2 Å². The summed E-state index contributed by atoms with van der Waals surface area (Å²) in [5, 5.41) is 8.92. The molecule has 0 saturated carbocycles. The zero-order valence-electron chi connectivity index (χ0n) is 21.5. The first-order valence-corrected chi connectivity index (χ1v) is 12.9. The van der Waals surface area contributed by atoms with Crippen molar-refractivity contribution in [1.82, 2.24) is 34.2 Å². The van der Waals surface area contributed by atoms with Crippen LogP contribution < -0.4 is 4.90 Å². The molecule has 2 saturated heterocycles. The van der Waals surface area contributed by atoms with Crippen molar-refractivity contribution in [2.75, 3.05) is 57.4 Å². The van der Waals surface area contributed by atoms with Gasteiger partial charge in [-0.15, -0.1) is 0 Å². The number of amides is 2. The number of urea groups is 1. The predicted octanol–water partition coefficient (Wildman–Crippen LogP) is 2.57. The number of nitrogens with zero attached hydrogens (tertiary/aromatic N) is 9. The van der Waals surface area contributed by atoms with E-state index in [2.05, 4.69) is 45.0 Å². The summed E-state index contributed by atoms with van der Waals surface area (Å²) < 4.78 is 9.07. The molecule has 0 atom stereocenters. The molecule has 11 nitrogen and oxygen atoms in total. The number of aromatic nitrogens is 5. The highest BCUT2D eigenvalue weighted by molar-refractivity contribution is 5.86. The molecule has 0 unspecified atom stereocenters. The Bertz CT molecular complexity index is 1450. The number of hydrogen-bond donors (Lipinski definition) is 0. The van der Waals surface area contributed by atoms with Gasteiger partial charge in [-0.25, -0.2) is 14.3 Å². The largest absolute Gasteiger partial charge is 0.378 e. The van der Waals surface area contributed by atoms with Gasteiger partial charge >= 0.3 is 6.03 Å². The summed E-state index contributed by atoms with van der Waals surface area (Å²) >= 11 is 0. The van der Waals surface area contributed by atoms with Gasteiger partial charge in [-0.1, -0.05) is 0 Å². The summed E-state index contributed by atoms with van der Waals surface area (Å²) in [5.41, 5.74) is 6.07. The molecule has 0 aliphatic carbocycles. The predicted molar refractivity (Wildman–Crippen MR) is 145 cm³/mol. The van der Waals surface area contributed by atoms with E-state index in [-0.39, 0.29) is 6.03 Å². The number of pyridine rings is 2. The van der Waals surface area contributed by atoms with Crippen molar-refractivity contribution in [1.29, 1.82) is 0 Å². The van der Waals surface area contributed by atoms with Crippen LogP contribution in [0.3, 0.4) is 0 Å². The van der Waals surface area contributed by atoms with Gasteiger partial charge in [0.15, 0.2) is 0 Å². The molecule has 2 aliphatic heterocycles. The van der Waals surface area contributed by atoms with E-state index in [4.69, 9.17) is 9.72 Å². The molecule has 0 spiro atoms. The number of piperazine rings is 1. The van der Waals surface area contributed by atoms with E-state index in [9.17, 15) is 4.79 Å². The van der Waals surface area contributed by atoms with Crippen molar-refractivity contribution in [3.8, 4) is 22.3 Å². The fourth-order valence-corrected chi connectivity index (χ4v) is 5.18. The molecule has 2 fully saturated rings. The van der Waals surface area contributed by atoms with Crippen LogP contribution in [0.4, 0.5) is 10.6 Å². The lowest BCUT2D eigenvalue weighted by Gasteiger charge is -2.38. The van der Waals surface area contributed by atoms with Gasteiger partial charge in [0.2, 0.25) is 0 Å². The summed E-state index contributed by atoms with van der Waals surface area (Å²) in [6, 6.07) is 6.44. The SMILES string of the molecule is C=NCc1cnn2cc(-c3cnn(C)c3)cc(-c3ccc(N4CCN(C(=O)N5CCOCC5)CC4)nc3)c12. The lowest BCUT2D eigenvalue weighted by Crippen LogP contribution is -2.55. The first-order valence-electron chi connectivity index (χ1n) is 12.9. The fraction of sp³-hybridized carbons (Fsp3) is 0.370. The third-order valence-electron chi connectivity index (χ3n) is 7.22. The number of carbonyl (C=O) groups excluding carboxylic acids is 1. The van der Waals surface area contributed by atoms with E-state index < -0.39 is 0 Å². The lowest BCUT2D eigenvalue weighted by atomic mass is 10.0. The van der Waals surface area contributed by atoms with Crippen molar-refractivity contribution >= 4 is 24.1 Å². The Balaban J connectivity index is 1.24. The summed E-state index contributed by atoms with van der Waals surface area (Å²) in [7, 11) is 1.91. The number of rotatable bonds is 5. The minimum atomic E-state index is 0.111. The summed E-state index contributed by atoms with van der Waals surface area (Å²) in [4.78, 5) is 27.8. The van der Waals surface area contributed by atoms with Gasteiger partial charge in [0.1, 0.15) is 5.82 Å². The molecule has 4 aromatic rings. The Hall–Kier alpha value is -4.25. The second-order valence-corrected chi connectivity index (χ2v) is 9.65. The monoisotopic (exact) mass is 513 g/mol. The highest BCUT2D eigenvalue weighted by Gasteiger charge is 2.27. The van der Waals surface area contributed by atoms with Gasteiger partial charge in [-0.3, -0.25) is 9.67 Å². The Morgan fingerprint density at radius 1 is 0.947 bits per heavy atom. The van der Waals surface area contributed by atoms with Crippen LogP contribution in [0.2, 0.25) is 0 Å². The molecule has 0 aromatic carbocycles. The molecule has 38 heavy (non-hydrogen) atoms. The van der Waals surface area contributed by atoms with Crippen LogP contribution in [-0.2, 0) is 18.3 Å². The molecule has 2 amide bonds. The van der Waals surface area contributed by atoms with Crippen molar-refractivity contribution in [3.63, 3.8) is 0 Å². The lowest BCUT2D eigenvalue weighted by molar-refractivity contribution is 0.0428. The van der Waals surface area contributed by atoms with E-state index in [1.807, 2.05) is 52.3 Å². The minimum Gasteiger partial charge on any atom is -0.378 e. The number of morpholine rings is 1. The normalized spacial score (nSPS) is 16.3. The van der Waals surface area contributed by atoms with Crippen LogP contribution in [0.25, 0.3) is 27.8 Å². The Labute approximate surface area is 220 Å². The molecular formula is C27H31N9O2. The van der Waals surface area contributed by atoms with E-state index in [1.165, 1.54) is 0 Å². The van der Waals surface area contributed by atoms with Gasteiger partial charge in [-0.05, 0) is 24.9 Å². The summed E-state index contributed by atoms with van der Waals surface area (Å²) in [6.07, 6.45) is 9.62. The second kappa shape index (κ2) is 10.3. The van der Waals surface area contributed by atoms with E-state index in [0.717, 1.165) is 52.2 Å².